The summed E-state index contributed by atoms with van der Waals surface area (Å²) in [5, 5.41) is 7.56. The van der Waals surface area contributed by atoms with Crippen molar-refractivity contribution in [1.29, 1.82) is 0 Å². The number of guanidine groups is 1. The predicted molar refractivity (Wildman–Crippen MR) is 103 cm³/mol. The number of nitrogens with zero attached hydrogens (tertiary/aromatic N) is 3. The van der Waals surface area contributed by atoms with Gasteiger partial charge in [-0.2, -0.15) is 0 Å². The average Bonchev–Trinajstić information content (AvgIpc) is 2.89. The van der Waals surface area contributed by atoms with E-state index in [-0.39, 0.29) is 0 Å². The van der Waals surface area contributed by atoms with Gasteiger partial charge >= 0.3 is 0 Å². The Kier molecular flexibility index (Phi) is 7.00. The molecule has 1 aromatic heterocycles. The molecule has 2 N–H and O–H groups in total. The molecule has 1 heterocycles. The molecule has 0 aliphatic carbocycles. The molecule has 6 heteroatoms. The Morgan fingerprint density at radius 2 is 2.00 bits per heavy atom. The lowest BCUT2D eigenvalue weighted by Gasteiger charge is -2.22. The normalized spacial score (nSPS) is 11.4. The van der Waals surface area contributed by atoms with E-state index in [2.05, 4.69) is 32.7 Å². The minimum Gasteiger partial charge on any atom is -0.385 e. The Hall–Kier alpha value is -2.14. The summed E-state index contributed by atoms with van der Waals surface area (Å²) in [5.41, 5.74) is 2.30. The van der Waals surface area contributed by atoms with Gasteiger partial charge in [0.2, 0.25) is 0 Å². The van der Waals surface area contributed by atoms with Crippen molar-refractivity contribution < 1.29 is 0 Å². The van der Waals surface area contributed by atoms with Crippen LogP contribution in [-0.2, 0) is 13.6 Å². The lowest BCUT2D eigenvalue weighted by atomic mass is 10.3. The van der Waals surface area contributed by atoms with E-state index >= 15 is 0 Å². The summed E-state index contributed by atoms with van der Waals surface area (Å²) in [7, 11) is 5.83. The number of nitrogens with one attached hydrogen (secondary N) is 2. The molecule has 0 aliphatic heterocycles. The quantitative estimate of drug-likeness (QED) is 0.459. The molecule has 0 amide bonds. The summed E-state index contributed by atoms with van der Waals surface area (Å²) in [4.78, 5) is 6.44. The first-order valence-corrected chi connectivity index (χ1v) is 8.49. The number of benzene rings is 1. The second-order valence-corrected chi connectivity index (χ2v) is 6.17. The first-order chi connectivity index (χ1) is 11.6. The number of para-hydroxylation sites is 1. The van der Waals surface area contributed by atoms with Gasteiger partial charge in [-0.15, -0.1) is 0 Å². The second-order valence-electron chi connectivity index (χ2n) is 5.74. The molecule has 0 spiro atoms. The molecule has 5 nitrogen and oxygen atoms in total. The molecule has 2 aromatic rings. The molecule has 2 rings (SSSR count). The van der Waals surface area contributed by atoms with Gasteiger partial charge in [0, 0.05) is 51.8 Å². The minimum absolute atomic E-state index is 0.755. The highest BCUT2D eigenvalue weighted by atomic mass is 35.5. The Morgan fingerprint density at radius 1 is 1.25 bits per heavy atom. The molecule has 130 valence electrons. The summed E-state index contributed by atoms with van der Waals surface area (Å²) < 4.78 is 2.04. The highest BCUT2D eigenvalue weighted by molar-refractivity contribution is 6.30. The molecule has 0 saturated heterocycles. The van der Waals surface area contributed by atoms with E-state index in [0.717, 1.165) is 48.4 Å². The monoisotopic (exact) mass is 347 g/mol. The van der Waals surface area contributed by atoms with E-state index in [0.29, 0.717) is 0 Å². The first-order valence-electron chi connectivity index (χ1n) is 8.11. The van der Waals surface area contributed by atoms with E-state index in [1.165, 1.54) is 0 Å². The first kappa shape index (κ1) is 18.2. The number of hydrogen-bond acceptors (Lipinski definition) is 2. The average molecular weight is 348 g/mol. The zero-order valence-electron chi connectivity index (χ0n) is 14.6. The fraction of sp³-hybridized carbons (Fsp3) is 0.389. The number of halogens is 1. The third-order valence-electron chi connectivity index (χ3n) is 3.79. The van der Waals surface area contributed by atoms with E-state index < -0.39 is 0 Å². The van der Waals surface area contributed by atoms with Crippen LogP contribution in [-0.4, -0.2) is 42.6 Å². The lowest BCUT2D eigenvalue weighted by Crippen LogP contribution is -2.39. The molecule has 0 aliphatic rings. The van der Waals surface area contributed by atoms with Crippen molar-refractivity contribution in [2.24, 2.45) is 12.0 Å². The van der Waals surface area contributed by atoms with Crippen LogP contribution in [0.15, 0.2) is 47.6 Å². The highest BCUT2D eigenvalue weighted by Gasteiger charge is 2.09. The van der Waals surface area contributed by atoms with E-state index in [1.807, 2.05) is 49.1 Å². The Balaban J connectivity index is 1.72. The molecule has 0 radical (unpaired) electrons. The number of aromatic nitrogens is 1. The molecular weight excluding hydrogens is 322 g/mol. The minimum atomic E-state index is 0.755. The third kappa shape index (κ3) is 5.49. The Bertz CT molecular complexity index is 651. The van der Waals surface area contributed by atoms with Gasteiger partial charge in [0.25, 0.3) is 0 Å². The molecule has 0 saturated carbocycles. The number of aliphatic imine (C=N–C) groups is 1. The number of anilines is 1. The number of hydrogen-bond donors (Lipinski definition) is 2. The highest BCUT2D eigenvalue weighted by Crippen LogP contribution is 2.14. The van der Waals surface area contributed by atoms with Crippen molar-refractivity contribution >= 4 is 23.2 Å². The smallest absolute Gasteiger partial charge is 0.193 e. The van der Waals surface area contributed by atoms with Crippen LogP contribution in [0.3, 0.4) is 0 Å². The van der Waals surface area contributed by atoms with Crippen LogP contribution in [0, 0.1) is 0 Å². The van der Waals surface area contributed by atoms with Crippen LogP contribution < -0.4 is 10.6 Å². The maximum Gasteiger partial charge on any atom is 0.193 e. The van der Waals surface area contributed by atoms with Gasteiger partial charge in [0.15, 0.2) is 5.96 Å². The topological polar surface area (TPSA) is 44.6 Å². The molecule has 0 bridgehead atoms. The van der Waals surface area contributed by atoms with Crippen LogP contribution in [0.1, 0.15) is 12.1 Å². The molecular formula is C18H26ClN5. The van der Waals surface area contributed by atoms with Crippen molar-refractivity contribution in [1.82, 2.24) is 14.8 Å². The largest absolute Gasteiger partial charge is 0.385 e. The van der Waals surface area contributed by atoms with Gasteiger partial charge in [0.05, 0.1) is 11.6 Å². The van der Waals surface area contributed by atoms with Gasteiger partial charge in [-0.05, 0) is 24.6 Å². The van der Waals surface area contributed by atoms with Crippen molar-refractivity contribution in [3.8, 4) is 0 Å². The molecule has 1 aromatic carbocycles. The zero-order chi connectivity index (χ0) is 17.4. The molecule has 0 unspecified atom stereocenters. The van der Waals surface area contributed by atoms with Crippen molar-refractivity contribution in [3.63, 3.8) is 0 Å². The van der Waals surface area contributed by atoms with Crippen LogP contribution in [0.4, 0.5) is 5.69 Å². The summed E-state index contributed by atoms with van der Waals surface area (Å²) >= 11 is 6.04. The number of rotatable bonds is 7. The van der Waals surface area contributed by atoms with Crippen molar-refractivity contribution in [3.05, 3.63) is 53.3 Å². The van der Waals surface area contributed by atoms with Gasteiger partial charge in [-0.3, -0.25) is 4.99 Å². The van der Waals surface area contributed by atoms with Crippen LogP contribution in [0.5, 0.6) is 0 Å². The van der Waals surface area contributed by atoms with Gasteiger partial charge < -0.3 is 20.1 Å². The third-order valence-corrected chi connectivity index (χ3v) is 3.99. The van der Waals surface area contributed by atoms with E-state index in [9.17, 15) is 0 Å². The summed E-state index contributed by atoms with van der Waals surface area (Å²) in [6, 6.07) is 12.2. The number of aryl methyl sites for hydroxylation is 1. The fourth-order valence-electron chi connectivity index (χ4n) is 2.50. The second kappa shape index (κ2) is 9.23. The molecule has 0 atom stereocenters. The van der Waals surface area contributed by atoms with Crippen molar-refractivity contribution in [2.45, 2.75) is 13.0 Å². The Labute approximate surface area is 149 Å². The maximum atomic E-state index is 6.04. The SMILES string of the molecule is CN=C(NCCCNc1ccccc1)N(C)Cc1cc(Cl)cn1C. The Morgan fingerprint density at radius 3 is 2.62 bits per heavy atom. The summed E-state index contributed by atoms with van der Waals surface area (Å²) in [6.45, 7) is 2.54. The van der Waals surface area contributed by atoms with Crippen molar-refractivity contribution in [2.75, 3.05) is 32.5 Å². The maximum absolute atomic E-state index is 6.04. The summed E-state index contributed by atoms with van der Waals surface area (Å²) in [5.74, 6) is 0.882. The van der Waals surface area contributed by atoms with Crippen LogP contribution in [0.25, 0.3) is 0 Å². The van der Waals surface area contributed by atoms with Gasteiger partial charge in [-0.25, -0.2) is 0 Å². The summed E-state index contributed by atoms with van der Waals surface area (Å²) in [6.07, 6.45) is 2.92. The van der Waals surface area contributed by atoms with Gasteiger partial charge in [0.1, 0.15) is 0 Å². The standard InChI is InChI=1S/C18H26ClN5/c1-20-18(24(3)14-17-12-15(19)13-23(17)2)22-11-7-10-21-16-8-5-4-6-9-16/h4-6,8-9,12-13,21H,7,10-11,14H2,1-3H3,(H,20,22). The van der Waals surface area contributed by atoms with E-state index in [1.54, 1.807) is 7.05 Å². The van der Waals surface area contributed by atoms with Crippen LogP contribution in [0.2, 0.25) is 5.02 Å². The van der Waals surface area contributed by atoms with Crippen LogP contribution >= 0.6 is 11.6 Å². The van der Waals surface area contributed by atoms with Gasteiger partial charge in [-0.1, -0.05) is 29.8 Å². The predicted octanol–water partition coefficient (Wildman–Crippen LogP) is 3.19. The fourth-order valence-corrected chi connectivity index (χ4v) is 2.78. The van der Waals surface area contributed by atoms with E-state index in [4.69, 9.17) is 11.6 Å². The zero-order valence-corrected chi connectivity index (χ0v) is 15.3. The lowest BCUT2D eigenvalue weighted by molar-refractivity contribution is 0.461. The molecule has 0 fully saturated rings. The molecule has 24 heavy (non-hydrogen) atoms.